The standard InChI is InChI=1S/C9H7NO4/c1-2-6-3-4-7(9(11)12)5-8(6)10(13)14/h2-5H,1H2,(H,11,12). The Hall–Kier alpha value is -2.17. The Morgan fingerprint density at radius 2 is 2.21 bits per heavy atom. The van der Waals surface area contributed by atoms with E-state index >= 15 is 0 Å². The zero-order valence-electron chi connectivity index (χ0n) is 7.14. The summed E-state index contributed by atoms with van der Waals surface area (Å²) in [4.78, 5) is 20.4. The third-order valence-electron chi connectivity index (χ3n) is 1.69. The van der Waals surface area contributed by atoms with Crippen molar-refractivity contribution in [2.24, 2.45) is 0 Å². The number of carboxylic acids is 1. The van der Waals surface area contributed by atoms with Crippen LogP contribution in [0.4, 0.5) is 5.69 Å². The van der Waals surface area contributed by atoms with Crippen LogP contribution in [-0.2, 0) is 0 Å². The summed E-state index contributed by atoms with van der Waals surface area (Å²) >= 11 is 0. The summed E-state index contributed by atoms with van der Waals surface area (Å²) in [6.45, 7) is 3.40. The maximum absolute atomic E-state index is 10.5. The highest BCUT2D eigenvalue weighted by Gasteiger charge is 2.14. The number of rotatable bonds is 3. The number of nitrogens with zero attached hydrogens (tertiary/aromatic N) is 1. The molecule has 0 atom stereocenters. The van der Waals surface area contributed by atoms with Gasteiger partial charge in [0.05, 0.1) is 16.1 Å². The molecule has 0 aliphatic heterocycles. The maximum atomic E-state index is 10.5. The summed E-state index contributed by atoms with van der Waals surface area (Å²) in [5, 5.41) is 19.1. The zero-order chi connectivity index (χ0) is 10.7. The first kappa shape index (κ1) is 9.91. The van der Waals surface area contributed by atoms with Gasteiger partial charge in [0, 0.05) is 6.07 Å². The summed E-state index contributed by atoms with van der Waals surface area (Å²) in [5.74, 6) is -1.19. The number of hydrogen-bond acceptors (Lipinski definition) is 3. The molecular formula is C9H7NO4. The van der Waals surface area contributed by atoms with E-state index in [1.54, 1.807) is 0 Å². The van der Waals surface area contributed by atoms with Gasteiger partial charge in [0.15, 0.2) is 0 Å². The minimum atomic E-state index is -1.19. The normalized spacial score (nSPS) is 9.43. The van der Waals surface area contributed by atoms with Crippen molar-refractivity contribution < 1.29 is 14.8 Å². The molecule has 1 aromatic rings. The molecule has 0 unspecified atom stereocenters. The minimum Gasteiger partial charge on any atom is -0.478 e. The van der Waals surface area contributed by atoms with E-state index in [-0.39, 0.29) is 11.3 Å². The lowest BCUT2D eigenvalue weighted by molar-refractivity contribution is -0.385. The molecule has 1 N–H and O–H groups in total. The fraction of sp³-hybridized carbons (Fsp3) is 0. The van der Waals surface area contributed by atoms with E-state index in [9.17, 15) is 14.9 Å². The van der Waals surface area contributed by atoms with E-state index in [0.29, 0.717) is 5.56 Å². The second-order valence-electron chi connectivity index (χ2n) is 2.54. The summed E-state index contributed by atoms with van der Waals surface area (Å²) in [5.41, 5.74) is -0.0535. The molecule has 0 fully saturated rings. The Morgan fingerprint density at radius 3 is 2.64 bits per heavy atom. The molecule has 0 heterocycles. The van der Waals surface area contributed by atoms with Gasteiger partial charge >= 0.3 is 5.97 Å². The second-order valence-corrected chi connectivity index (χ2v) is 2.54. The summed E-state index contributed by atoms with van der Waals surface area (Å²) in [6.07, 6.45) is 1.31. The largest absolute Gasteiger partial charge is 0.478 e. The van der Waals surface area contributed by atoms with Gasteiger partial charge in [0.2, 0.25) is 0 Å². The van der Waals surface area contributed by atoms with Crippen LogP contribution in [-0.4, -0.2) is 16.0 Å². The first-order valence-corrected chi connectivity index (χ1v) is 3.70. The molecular weight excluding hydrogens is 186 g/mol. The van der Waals surface area contributed by atoms with Gasteiger partial charge in [-0.15, -0.1) is 0 Å². The van der Waals surface area contributed by atoms with Crippen LogP contribution in [0.1, 0.15) is 15.9 Å². The smallest absolute Gasteiger partial charge is 0.335 e. The molecule has 1 rings (SSSR count). The van der Waals surface area contributed by atoms with Gasteiger partial charge in [-0.25, -0.2) is 4.79 Å². The minimum absolute atomic E-state index is 0.109. The molecule has 72 valence electrons. The topological polar surface area (TPSA) is 80.4 Å². The quantitative estimate of drug-likeness (QED) is 0.587. The van der Waals surface area contributed by atoms with Crippen molar-refractivity contribution >= 4 is 17.7 Å². The number of hydrogen-bond donors (Lipinski definition) is 1. The van der Waals surface area contributed by atoms with Gasteiger partial charge < -0.3 is 5.11 Å². The Kier molecular flexibility index (Phi) is 2.62. The fourth-order valence-electron chi connectivity index (χ4n) is 1.01. The molecule has 14 heavy (non-hydrogen) atoms. The van der Waals surface area contributed by atoms with Gasteiger partial charge in [-0.1, -0.05) is 12.7 Å². The molecule has 5 nitrogen and oxygen atoms in total. The van der Waals surface area contributed by atoms with Gasteiger partial charge in [-0.3, -0.25) is 10.1 Å². The first-order chi connectivity index (χ1) is 6.56. The van der Waals surface area contributed by atoms with Crippen molar-refractivity contribution in [1.29, 1.82) is 0 Å². The average Bonchev–Trinajstić information content (AvgIpc) is 2.16. The number of nitro groups is 1. The molecule has 5 heteroatoms. The van der Waals surface area contributed by atoms with Crippen molar-refractivity contribution in [1.82, 2.24) is 0 Å². The van der Waals surface area contributed by atoms with Crippen molar-refractivity contribution in [2.75, 3.05) is 0 Å². The highest BCUT2D eigenvalue weighted by Crippen LogP contribution is 2.21. The Labute approximate surface area is 79.4 Å². The second kappa shape index (κ2) is 3.69. The van der Waals surface area contributed by atoms with Crippen LogP contribution in [0.25, 0.3) is 6.08 Å². The van der Waals surface area contributed by atoms with Crippen LogP contribution in [0.2, 0.25) is 0 Å². The van der Waals surface area contributed by atoms with E-state index in [4.69, 9.17) is 5.11 Å². The Morgan fingerprint density at radius 1 is 1.57 bits per heavy atom. The Bertz CT molecular complexity index is 411. The number of aromatic carboxylic acids is 1. The molecule has 0 spiro atoms. The lowest BCUT2D eigenvalue weighted by atomic mass is 10.1. The zero-order valence-corrected chi connectivity index (χ0v) is 7.14. The van der Waals surface area contributed by atoms with Crippen molar-refractivity contribution in [3.8, 4) is 0 Å². The number of nitro benzene ring substituents is 1. The molecule has 0 aliphatic rings. The van der Waals surface area contributed by atoms with E-state index in [2.05, 4.69) is 6.58 Å². The summed E-state index contributed by atoms with van der Waals surface area (Å²) in [7, 11) is 0. The average molecular weight is 193 g/mol. The monoisotopic (exact) mass is 193 g/mol. The third-order valence-corrected chi connectivity index (χ3v) is 1.69. The van der Waals surface area contributed by atoms with Gasteiger partial charge in [0.1, 0.15) is 0 Å². The van der Waals surface area contributed by atoms with Crippen molar-refractivity contribution in [3.05, 3.63) is 46.0 Å². The van der Waals surface area contributed by atoms with Gasteiger partial charge in [0.25, 0.3) is 5.69 Å². The van der Waals surface area contributed by atoms with Crippen LogP contribution < -0.4 is 0 Å². The molecule has 0 amide bonds. The highest BCUT2D eigenvalue weighted by atomic mass is 16.6. The van der Waals surface area contributed by atoms with E-state index in [0.717, 1.165) is 6.07 Å². The van der Waals surface area contributed by atoms with Crippen LogP contribution in [0.15, 0.2) is 24.8 Å². The fourth-order valence-corrected chi connectivity index (χ4v) is 1.01. The molecule has 0 aromatic heterocycles. The lowest BCUT2D eigenvalue weighted by Crippen LogP contribution is -1.99. The van der Waals surface area contributed by atoms with Crippen LogP contribution >= 0.6 is 0 Å². The van der Waals surface area contributed by atoms with Gasteiger partial charge in [-0.05, 0) is 12.1 Å². The van der Waals surface area contributed by atoms with E-state index < -0.39 is 10.9 Å². The van der Waals surface area contributed by atoms with E-state index in [1.165, 1.54) is 18.2 Å². The van der Waals surface area contributed by atoms with Crippen molar-refractivity contribution in [2.45, 2.75) is 0 Å². The first-order valence-electron chi connectivity index (χ1n) is 3.70. The molecule has 0 saturated heterocycles. The third kappa shape index (κ3) is 1.77. The predicted octanol–water partition coefficient (Wildman–Crippen LogP) is 1.94. The van der Waals surface area contributed by atoms with Crippen molar-refractivity contribution in [3.63, 3.8) is 0 Å². The highest BCUT2D eigenvalue weighted by molar-refractivity contribution is 5.89. The molecule has 0 saturated carbocycles. The molecule has 0 aliphatic carbocycles. The van der Waals surface area contributed by atoms with Crippen LogP contribution in [0.3, 0.4) is 0 Å². The van der Waals surface area contributed by atoms with E-state index in [1.807, 2.05) is 0 Å². The Balaban J connectivity index is 3.34. The SMILES string of the molecule is C=Cc1ccc(C(=O)O)cc1[N+](=O)[O-]. The number of carboxylic acid groups (broad SMARTS) is 1. The molecule has 0 radical (unpaired) electrons. The van der Waals surface area contributed by atoms with Crippen LogP contribution in [0.5, 0.6) is 0 Å². The maximum Gasteiger partial charge on any atom is 0.335 e. The predicted molar refractivity (Wildman–Crippen MR) is 50.1 cm³/mol. The number of benzene rings is 1. The number of carbonyl (C=O) groups is 1. The summed E-state index contributed by atoms with van der Waals surface area (Å²) in [6, 6.07) is 3.67. The summed E-state index contributed by atoms with van der Waals surface area (Å²) < 4.78 is 0. The molecule has 1 aromatic carbocycles. The van der Waals surface area contributed by atoms with Crippen LogP contribution in [0, 0.1) is 10.1 Å². The van der Waals surface area contributed by atoms with Gasteiger partial charge in [-0.2, -0.15) is 0 Å². The molecule has 0 bridgehead atoms. The lowest BCUT2D eigenvalue weighted by Gasteiger charge is -1.98.